The average molecular weight is 236 g/mol. The van der Waals surface area contributed by atoms with Gasteiger partial charge in [-0.1, -0.05) is 6.92 Å². The van der Waals surface area contributed by atoms with Crippen LogP contribution in [0.25, 0.3) is 0 Å². The number of hydrogen-bond acceptors (Lipinski definition) is 4. The van der Waals surface area contributed by atoms with E-state index in [0.717, 1.165) is 5.56 Å². The van der Waals surface area contributed by atoms with Crippen LogP contribution in [-0.4, -0.2) is 24.1 Å². The molecule has 3 unspecified atom stereocenters. The largest absolute Gasteiger partial charge is 0.469 e. The Morgan fingerprint density at radius 2 is 1.88 bits per heavy atom. The molecule has 0 radical (unpaired) electrons. The van der Waals surface area contributed by atoms with Crippen LogP contribution in [0.1, 0.15) is 32.4 Å². The fourth-order valence-corrected chi connectivity index (χ4v) is 1.68. The molecule has 3 atom stereocenters. The zero-order valence-corrected chi connectivity index (χ0v) is 10.8. The minimum absolute atomic E-state index is 0.0608. The molecule has 17 heavy (non-hydrogen) atoms. The monoisotopic (exact) mass is 236 g/mol. The Morgan fingerprint density at radius 3 is 2.41 bits per heavy atom. The van der Waals surface area contributed by atoms with Crippen LogP contribution in [-0.2, 0) is 9.53 Å². The number of pyridine rings is 1. The maximum absolute atomic E-state index is 11.4. The van der Waals surface area contributed by atoms with E-state index in [4.69, 9.17) is 4.74 Å². The van der Waals surface area contributed by atoms with Gasteiger partial charge in [-0.3, -0.25) is 9.78 Å². The summed E-state index contributed by atoms with van der Waals surface area (Å²) in [4.78, 5) is 15.4. The summed E-state index contributed by atoms with van der Waals surface area (Å²) in [7, 11) is 1.41. The SMILES string of the molecule is COC(=O)C(C)C(C)NC(C)c1ccncc1. The smallest absolute Gasteiger partial charge is 0.309 e. The van der Waals surface area contributed by atoms with Crippen molar-refractivity contribution in [1.29, 1.82) is 0 Å². The van der Waals surface area contributed by atoms with Crippen molar-refractivity contribution < 1.29 is 9.53 Å². The number of methoxy groups -OCH3 is 1. The first-order valence-corrected chi connectivity index (χ1v) is 5.80. The van der Waals surface area contributed by atoms with Crippen LogP contribution in [0.5, 0.6) is 0 Å². The predicted octanol–water partition coefficient (Wildman–Crippen LogP) is 1.93. The van der Waals surface area contributed by atoms with Gasteiger partial charge in [0.15, 0.2) is 0 Å². The minimum Gasteiger partial charge on any atom is -0.469 e. The number of nitrogens with zero attached hydrogens (tertiary/aromatic N) is 1. The van der Waals surface area contributed by atoms with Crippen molar-refractivity contribution in [3.05, 3.63) is 30.1 Å². The van der Waals surface area contributed by atoms with Gasteiger partial charge in [0.25, 0.3) is 0 Å². The highest BCUT2D eigenvalue weighted by Crippen LogP contribution is 2.14. The third kappa shape index (κ3) is 3.82. The average Bonchev–Trinajstić information content (AvgIpc) is 2.37. The van der Waals surface area contributed by atoms with Crippen molar-refractivity contribution >= 4 is 5.97 Å². The first kappa shape index (κ1) is 13.6. The van der Waals surface area contributed by atoms with E-state index in [2.05, 4.69) is 17.2 Å². The van der Waals surface area contributed by atoms with E-state index in [0.29, 0.717) is 0 Å². The predicted molar refractivity (Wildman–Crippen MR) is 66.4 cm³/mol. The second-order valence-corrected chi connectivity index (χ2v) is 4.27. The second-order valence-electron chi connectivity index (χ2n) is 4.27. The zero-order chi connectivity index (χ0) is 12.8. The molecule has 0 saturated heterocycles. The molecule has 1 N–H and O–H groups in total. The van der Waals surface area contributed by atoms with Gasteiger partial charge in [0.1, 0.15) is 0 Å². The van der Waals surface area contributed by atoms with E-state index in [1.54, 1.807) is 12.4 Å². The van der Waals surface area contributed by atoms with E-state index >= 15 is 0 Å². The topological polar surface area (TPSA) is 51.2 Å². The Morgan fingerprint density at radius 1 is 1.29 bits per heavy atom. The quantitative estimate of drug-likeness (QED) is 0.794. The van der Waals surface area contributed by atoms with Crippen LogP contribution in [0.2, 0.25) is 0 Å². The van der Waals surface area contributed by atoms with Crippen LogP contribution in [0.3, 0.4) is 0 Å². The number of rotatable bonds is 5. The Balaban J connectivity index is 2.57. The summed E-state index contributed by atoms with van der Waals surface area (Å²) >= 11 is 0. The lowest BCUT2D eigenvalue weighted by Gasteiger charge is -2.23. The normalized spacial score (nSPS) is 16.0. The maximum Gasteiger partial charge on any atom is 0.309 e. The van der Waals surface area contributed by atoms with Crippen molar-refractivity contribution in [3.63, 3.8) is 0 Å². The molecular formula is C13H20N2O2. The molecule has 0 aliphatic heterocycles. The van der Waals surface area contributed by atoms with Gasteiger partial charge in [-0.2, -0.15) is 0 Å². The molecule has 0 spiro atoms. The third-order valence-electron chi connectivity index (χ3n) is 3.04. The Kier molecular flexibility index (Phi) is 5.10. The molecule has 1 aromatic heterocycles. The molecular weight excluding hydrogens is 216 g/mol. The van der Waals surface area contributed by atoms with Gasteiger partial charge in [0, 0.05) is 24.5 Å². The Bertz CT molecular complexity index is 354. The summed E-state index contributed by atoms with van der Waals surface area (Å²) in [5.74, 6) is -0.351. The van der Waals surface area contributed by atoms with Crippen molar-refractivity contribution in [2.24, 2.45) is 5.92 Å². The van der Waals surface area contributed by atoms with E-state index in [-0.39, 0.29) is 24.0 Å². The molecule has 0 bridgehead atoms. The fourth-order valence-electron chi connectivity index (χ4n) is 1.68. The van der Waals surface area contributed by atoms with Crippen molar-refractivity contribution in [3.8, 4) is 0 Å². The number of esters is 1. The lowest BCUT2D eigenvalue weighted by molar-refractivity contribution is -0.145. The summed E-state index contributed by atoms with van der Waals surface area (Å²) in [6.45, 7) is 5.91. The number of ether oxygens (including phenoxy) is 1. The van der Waals surface area contributed by atoms with Gasteiger partial charge in [-0.25, -0.2) is 0 Å². The van der Waals surface area contributed by atoms with Gasteiger partial charge in [0.05, 0.1) is 13.0 Å². The van der Waals surface area contributed by atoms with E-state index < -0.39 is 0 Å². The van der Waals surface area contributed by atoms with Gasteiger partial charge in [-0.15, -0.1) is 0 Å². The molecule has 0 aromatic carbocycles. The number of nitrogens with one attached hydrogen (secondary N) is 1. The zero-order valence-electron chi connectivity index (χ0n) is 10.8. The highest BCUT2D eigenvalue weighted by molar-refractivity contribution is 5.72. The Labute approximate surface area is 102 Å². The van der Waals surface area contributed by atoms with Gasteiger partial charge in [0.2, 0.25) is 0 Å². The molecule has 0 saturated carbocycles. The summed E-state index contributed by atoms with van der Waals surface area (Å²) in [5, 5.41) is 3.38. The summed E-state index contributed by atoms with van der Waals surface area (Å²) < 4.78 is 4.73. The summed E-state index contributed by atoms with van der Waals surface area (Å²) in [5.41, 5.74) is 1.16. The first-order valence-electron chi connectivity index (χ1n) is 5.80. The van der Waals surface area contributed by atoms with Crippen LogP contribution in [0.4, 0.5) is 0 Å². The molecule has 1 heterocycles. The number of carbonyl (C=O) groups is 1. The molecule has 0 aliphatic rings. The summed E-state index contributed by atoms with van der Waals surface area (Å²) in [6.07, 6.45) is 3.53. The second kappa shape index (κ2) is 6.35. The van der Waals surface area contributed by atoms with Gasteiger partial charge in [-0.05, 0) is 31.5 Å². The maximum atomic E-state index is 11.4. The van der Waals surface area contributed by atoms with Crippen molar-refractivity contribution in [1.82, 2.24) is 10.3 Å². The lowest BCUT2D eigenvalue weighted by Crippen LogP contribution is -2.38. The molecule has 1 rings (SSSR count). The first-order chi connectivity index (χ1) is 8.06. The summed E-state index contributed by atoms with van der Waals surface area (Å²) in [6, 6.07) is 4.17. The van der Waals surface area contributed by atoms with Crippen molar-refractivity contribution in [2.45, 2.75) is 32.9 Å². The number of hydrogen-bond donors (Lipinski definition) is 1. The lowest BCUT2D eigenvalue weighted by atomic mass is 10.0. The Hall–Kier alpha value is -1.42. The fraction of sp³-hybridized carbons (Fsp3) is 0.538. The molecule has 4 heteroatoms. The third-order valence-corrected chi connectivity index (χ3v) is 3.04. The number of carbonyl (C=O) groups excluding carboxylic acids is 1. The number of aromatic nitrogens is 1. The molecule has 0 amide bonds. The van der Waals surface area contributed by atoms with Crippen LogP contribution in [0, 0.1) is 5.92 Å². The highest BCUT2D eigenvalue weighted by atomic mass is 16.5. The van der Waals surface area contributed by atoms with Gasteiger partial charge >= 0.3 is 5.97 Å². The van der Waals surface area contributed by atoms with Crippen LogP contribution >= 0.6 is 0 Å². The van der Waals surface area contributed by atoms with E-state index in [1.807, 2.05) is 26.0 Å². The molecule has 4 nitrogen and oxygen atoms in total. The van der Waals surface area contributed by atoms with Crippen LogP contribution < -0.4 is 5.32 Å². The van der Waals surface area contributed by atoms with Crippen LogP contribution in [0.15, 0.2) is 24.5 Å². The van der Waals surface area contributed by atoms with E-state index in [1.165, 1.54) is 7.11 Å². The van der Waals surface area contributed by atoms with Crippen molar-refractivity contribution in [2.75, 3.05) is 7.11 Å². The molecule has 1 aromatic rings. The molecule has 94 valence electrons. The standard InChI is InChI=1S/C13H20N2O2/c1-9(13(16)17-4)10(2)15-11(3)12-5-7-14-8-6-12/h5-11,15H,1-4H3. The molecule has 0 aliphatic carbocycles. The highest BCUT2D eigenvalue weighted by Gasteiger charge is 2.22. The minimum atomic E-state index is -0.188. The van der Waals surface area contributed by atoms with Gasteiger partial charge < -0.3 is 10.1 Å². The van der Waals surface area contributed by atoms with E-state index in [9.17, 15) is 4.79 Å². The molecule has 0 fully saturated rings.